The third-order valence-electron chi connectivity index (χ3n) is 4.07. The quantitative estimate of drug-likeness (QED) is 0.835. The van der Waals surface area contributed by atoms with E-state index < -0.39 is 0 Å². The van der Waals surface area contributed by atoms with Gasteiger partial charge in [0, 0.05) is 12.0 Å². The van der Waals surface area contributed by atoms with Gasteiger partial charge in [-0.2, -0.15) is 0 Å². The van der Waals surface area contributed by atoms with Gasteiger partial charge in [-0.3, -0.25) is 4.79 Å². The molecule has 0 bridgehead atoms. The topological polar surface area (TPSA) is 55.1 Å². The molecule has 1 atom stereocenters. The van der Waals surface area contributed by atoms with Gasteiger partial charge in [0.25, 0.3) is 0 Å². The van der Waals surface area contributed by atoms with E-state index >= 15 is 0 Å². The maximum Gasteiger partial charge on any atom is 0.220 e. The molecule has 1 aliphatic rings. The lowest BCUT2D eigenvalue weighted by atomic mass is 10.0. The predicted octanol–water partition coefficient (Wildman–Crippen LogP) is 2.75. The number of carbonyl (C=O) groups excluding carboxylic acids is 1. The summed E-state index contributed by atoms with van der Waals surface area (Å²) in [5.41, 5.74) is 7.41. The highest BCUT2D eigenvalue weighted by Crippen LogP contribution is 2.27. The van der Waals surface area contributed by atoms with E-state index in [1.165, 1.54) is 25.7 Å². The van der Waals surface area contributed by atoms with Crippen LogP contribution in [0, 0.1) is 17.8 Å². The van der Waals surface area contributed by atoms with Gasteiger partial charge in [0.05, 0.1) is 12.6 Å². The van der Waals surface area contributed by atoms with Crippen LogP contribution in [-0.2, 0) is 4.79 Å². The van der Waals surface area contributed by atoms with Crippen molar-refractivity contribution < 1.29 is 4.79 Å². The predicted molar refractivity (Wildman–Crippen MR) is 85.5 cm³/mol. The molecule has 0 aromatic heterocycles. The first-order valence-electron chi connectivity index (χ1n) is 7.77. The second kappa shape index (κ2) is 7.85. The van der Waals surface area contributed by atoms with Crippen molar-refractivity contribution in [1.29, 1.82) is 0 Å². The molecule has 3 heteroatoms. The molecule has 0 heterocycles. The van der Waals surface area contributed by atoms with E-state index in [0.29, 0.717) is 18.9 Å². The van der Waals surface area contributed by atoms with Gasteiger partial charge in [-0.05, 0) is 43.4 Å². The standard InChI is InChI=1S/C18H24N2O/c1-14(20-18(21)13-16-5-2-3-6-16)17-10-8-15(9-11-17)7-4-12-19/h8-11,14,16H,2-3,5-6,12-13,19H2,1H3,(H,20,21). The maximum atomic E-state index is 12.0. The van der Waals surface area contributed by atoms with Gasteiger partial charge in [0.15, 0.2) is 0 Å². The average molecular weight is 284 g/mol. The third-order valence-corrected chi connectivity index (χ3v) is 4.07. The van der Waals surface area contributed by atoms with E-state index in [4.69, 9.17) is 5.73 Å². The normalized spacial score (nSPS) is 16.1. The zero-order valence-electron chi connectivity index (χ0n) is 12.7. The summed E-state index contributed by atoms with van der Waals surface area (Å²) in [5.74, 6) is 6.59. The van der Waals surface area contributed by atoms with Crippen molar-refractivity contribution in [3.05, 3.63) is 35.4 Å². The van der Waals surface area contributed by atoms with Gasteiger partial charge in [0.1, 0.15) is 0 Å². The van der Waals surface area contributed by atoms with E-state index in [0.717, 1.165) is 11.1 Å². The smallest absolute Gasteiger partial charge is 0.220 e. The fourth-order valence-electron chi connectivity index (χ4n) is 2.87. The molecule has 1 amide bonds. The van der Waals surface area contributed by atoms with Crippen LogP contribution in [0.1, 0.15) is 56.2 Å². The van der Waals surface area contributed by atoms with Crippen LogP contribution in [0.2, 0.25) is 0 Å². The Morgan fingerprint density at radius 2 is 2.00 bits per heavy atom. The van der Waals surface area contributed by atoms with Crippen LogP contribution in [0.3, 0.4) is 0 Å². The summed E-state index contributed by atoms with van der Waals surface area (Å²) in [5, 5.41) is 3.09. The highest BCUT2D eigenvalue weighted by Gasteiger charge is 2.19. The summed E-state index contributed by atoms with van der Waals surface area (Å²) >= 11 is 0. The number of hydrogen-bond donors (Lipinski definition) is 2. The molecule has 0 spiro atoms. The highest BCUT2D eigenvalue weighted by molar-refractivity contribution is 5.76. The monoisotopic (exact) mass is 284 g/mol. The SMILES string of the molecule is CC(NC(=O)CC1CCCC1)c1ccc(C#CCN)cc1. The van der Waals surface area contributed by atoms with E-state index in [9.17, 15) is 4.79 Å². The molecule has 0 radical (unpaired) electrons. The van der Waals surface area contributed by atoms with Gasteiger partial charge >= 0.3 is 0 Å². The van der Waals surface area contributed by atoms with Crippen LogP contribution >= 0.6 is 0 Å². The number of hydrogen-bond acceptors (Lipinski definition) is 2. The highest BCUT2D eigenvalue weighted by atomic mass is 16.1. The first-order valence-corrected chi connectivity index (χ1v) is 7.77. The van der Waals surface area contributed by atoms with E-state index in [2.05, 4.69) is 17.2 Å². The molecule has 1 aliphatic carbocycles. The summed E-state index contributed by atoms with van der Waals surface area (Å²) < 4.78 is 0. The molecule has 2 rings (SSSR count). The number of nitrogens with one attached hydrogen (secondary N) is 1. The molecule has 3 N–H and O–H groups in total. The lowest BCUT2D eigenvalue weighted by molar-refractivity contribution is -0.122. The lowest BCUT2D eigenvalue weighted by Gasteiger charge is -2.16. The summed E-state index contributed by atoms with van der Waals surface area (Å²) in [4.78, 5) is 12.0. The molecule has 0 aliphatic heterocycles. The molecule has 1 unspecified atom stereocenters. The summed E-state index contributed by atoms with van der Waals surface area (Å²) in [7, 11) is 0. The Morgan fingerprint density at radius 3 is 2.62 bits per heavy atom. The fourth-order valence-corrected chi connectivity index (χ4v) is 2.87. The minimum Gasteiger partial charge on any atom is -0.350 e. The van der Waals surface area contributed by atoms with E-state index in [1.54, 1.807) is 0 Å². The fraction of sp³-hybridized carbons (Fsp3) is 0.500. The first-order chi connectivity index (χ1) is 10.2. The van der Waals surface area contributed by atoms with Crippen LogP contribution in [0.4, 0.5) is 0 Å². The Kier molecular flexibility index (Phi) is 5.83. The van der Waals surface area contributed by atoms with Gasteiger partial charge in [-0.15, -0.1) is 0 Å². The molecule has 1 aromatic carbocycles. The van der Waals surface area contributed by atoms with Gasteiger partial charge in [-0.25, -0.2) is 0 Å². The van der Waals surface area contributed by atoms with Crippen molar-refractivity contribution >= 4 is 5.91 Å². The average Bonchev–Trinajstić information content (AvgIpc) is 2.98. The van der Waals surface area contributed by atoms with Crippen molar-refractivity contribution in [2.24, 2.45) is 11.7 Å². The Bertz CT molecular complexity index is 518. The molecule has 0 saturated heterocycles. The third kappa shape index (κ3) is 4.91. The maximum absolute atomic E-state index is 12.0. The molecule has 3 nitrogen and oxygen atoms in total. The van der Waals surface area contributed by atoms with Gasteiger partial charge in [0.2, 0.25) is 5.91 Å². The second-order valence-electron chi connectivity index (χ2n) is 5.77. The molecular weight excluding hydrogens is 260 g/mol. The minimum atomic E-state index is 0.0374. The lowest BCUT2D eigenvalue weighted by Crippen LogP contribution is -2.27. The van der Waals surface area contributed by atoms with Crippen LogP contribution in [0.5, 0.6) is 0 Å². The van der Waals surface area contributed by atoms with Crippen molar-refractivity contribution in [2.75, 3.05) is 6.54 Å². The first kappa shape index (κ1) is 15.6. The van der Waals surface area contributed by atoms with Crippen molar-refractivity contribution in [1.82, 2.24) is 5.32 Å². The summed E-state index contributed by atoms with van der Waals surface area (Å²) in [6.07, 6.45) is 5.63. The summed E-state index contributed by atoms with van der Waals surface area (Å²) in [6.45, 7) is 2.39. The number of nitrogens with two attached hydrogens (primary N) is 1. The number of carbonyl (C=O) groups is 1. The Labute approximate surface area is 127 Å². The molecule has 21 heavy (non-hydrogen) atoms. The molecule has 1 saturated carbocycles. The molecule has 1 fully saturated rings. The number of benzene rings is 1. The van der Waals surface area contributed by atoms with Crippen molar-refractivity contribution in [3.63, 3.8) is 0 Å². The zero-order valence-corrected chi connectivity index (χ0v) is 12.7. The zero-order chi connectivity index (χ0) is 15.1. The Hall–Kier alpha value is -1.79. The number of rotatable bonds is 4. The van der Waals surface area contributed by atoms with Crippen molar-refractivity contribution in [2.45, 2.75) is 45.1 Å². The van der Waals surface area contributed by atoms with E-state index in [-0.39, 0.29) is 11.9 Å². The molecule has 112 valence electrons. The second-order valence-corrected chi connectivity index (χ2v) is 5.77. The van der Waals surface area contributed by atoms with Crippen LogP contribution in [0.25, 0.3) is 0 Å². The summed E-state index contributed by atoms with van der Waals surface area (Å²) in [6, 6.07) is 8.01. The Balaban J connectivity index is 1.87. The van der Waals surface area contributed by atoms with Crippen LogP contribution in [-0.4, -0.2) is 12.5 Å². The van der Waals surface area contributed by atoms with E-state index in [1.807, 2.05) is 31.2 Å². The molecular formula is C18H24N2O. The largest absolute Gasteiger partial charge is 0.350 e. The van der Waals surface area contributed by atoms with Gasteiger partial charge < -0.3 is 11.1 Å². The van der Waals surface area contributed by atoms with Crippen LogP contribution in [0.15, 0.2) is 24.3 Å². The Morgan fingerprint density at radius 1 is 1.33 bits per heavy atom. The van der Waals surface area contributed by atoms with Crippen molar-refractivity contribution in [3.8, 4) is 11.8 Å². The van der Waals surface area contributed by atoms with Gasteiger partial charge in [-0.1, -0.05) is 36.8 Å². The minimum absolute atomic E-state index is 0.0374. The number of amides is 1. The van der Waals surface area contributed by atoms with Crippen LogP contribution < -0.4 is 11.1 Å². The molecule has 1 aromatic rings.